The van der Waals surface area contributed by atoms with E-state index in [0.29, 0.717) is 44.4 Å². The number of rotatable bonds is 5. The number of carbonyl (C=O) groups excluding carboxylic acids is 2. The smallest absolute Gasteiger partial charge is 0.410 e. The van der Waals surface area contributed by atoms with Crippen molar-refractivity contribution in [2.45, 2.75) is 76.9 Å². The molecule has 1 atom stereocenters. The lowest BCUT2D eigenvalue weighted by molar-refractivity contribution is -0.124. The molecule has 2 aromatic rings. The van der Waals surface area contributed by atoms with Crippen LogP contribution in [0.25, 0.3) is 5.65 Å². The highest BCUT2D eigenvalue weighted by Gasteiger charge is 2.32. The number of likely N-dealkylation sites (tertiary alicyclic amines) is 2. The molecule has 9 nitrogen and oxygen atoms in total. The molecule has 1 aliphatic carbocycles. The van der Waals surface area contributed by atoms with Crippen LogP contribution in [0.4, 0.5) is 10.6 Å². The number of fused-ring (bicyclic) bond motifs is 1. The van der Waals surface area contributed by atoms with Crippen molar-refractivity contribution in [1.29, 1.82) is 0 Å². The Hall–Kier alpha value is -3.28. The van der Waals surface area contributed by atoms with Crippen LogP contribution in [0.15, 0.2) is 12.3 Å². The maximum absolute atomic E-state index is 12.7. The number of piperidine rings is 1. The molecule has 0 radical (unpaired) electrons. The molecule has 2 saturated heterocycles. The van der Waals surface area contributed by atoms with Crippen molar-refractivity contribution in [3.05, 3.63) is 23.5 Å². The van der Waals surface area contributed by atoms with Gasteiger partial charge < -0.3 is 19.9 Å². The lowest BCUT2D eigenvalue weighted by Gasteiger charge is -2.33. The molecular formula is C26H34N6O3. The van der Waals surface area contributed by atoms with Gasteiger partial charge in [0.15, 0.2) is 5.65 Å². The molecule has 1 N–H and O–H groups in total. The quantitative estimate of drug-likeness (QED) is 0.663. The number of hydrogen-bond acceptors (Lipinski definition) is 6. The van der Waals surface area contributed by atoms with E-state index < -0.39 is 0 Å². The zero-order valence-corrected chi connectivity index (χ0v) is 20.8. The molecule has 186 valence electrons. The molecule has 1 saturated carbocycles. The van der Waals surface area contributed by atoms with Gasteiger partial charge in [-0.1, -0.05) is 19.8 Å². The molecule has 2 amide bonds. The molecule has 0 aromatic carbocycles. The fraction of sp³-hybridized carbons (Fsp3) is 0.615. The van der Waals surface area contributed by atoms with Crippen molar-refractivity contribution in [3.8, 4) is 11.8 Å². The Kier molecular flexibility index (Phi) is 6.54. The van der Waals surface area contributed by atoms with E-state index in [9.17, 15) is 9.59 Å². The van der Waals surface area contributed by atoms with Gasteiger partial charge in [-0.15, -0.1) is 0 Å². The second-order valence-corrected chi connectivity index (χ2v) is 10.2. The van der Waals surface area contributed by atoms with Gasteiger partial charge in [0.25, 0.3) is 5.91 Å². The minimum Gasteiger partial charge on any atom is -0.444 e. The number of aromatic nitrogens is 3. The van der Waals surface area contributed by atoms with E-state index in [1.165, 1.54) is 18.4 Å². The van der Waals surface area contributed by atoms with Crippen LogP contribution in [0, 0.1) is 11.8 Å². The maximum Gasteiger partial charge on any atom is 0.410 e. The number of nitrogens with one attached hydrogen (secondary N) is 1. The lowest BCUT2D eigenvalue weighted by atomic mass is 10.1. The first-order valence-electron chi connectivity index (χ1n) is 12.7. The summed E-state index contributed by atoms with van der Waals surface area (Å²) in [7, 11) is 0. The third-order valence-corrected chi connectivity index (χ3v) is 7.17. The molecule has 5 rings (SSSR count). The van der Waals surface area contributed by atoms with Crippen LogP contribution in [-0.2, 0) is 9.53 Å². The highest BCUT2D eigenvalue weighted by Crippen LogP contribution is 2.40. The SMILES string of the molecule is CC#CC(=O)N1CC[C@H](OC(=O)N2CCC(Nc3cc(C4CC4)nc4c(C(C)C)cnn34)CC2)C1. The predicted octanol–water partition coefficient (Wildman–Crippen LogP) is 3.37. The maximum atomic E-state index is 12.7. The Morgan fingerprint density at radius 3 is 2.54 bits per heavy atom. The van der Waals surface area contributed by atoms with Crippen molar-refractivity contribution >= 4 is 23.5 Å². The van der Waals surface area contributed by atoms with Gasteiger partial charge in [0.1, 0.15) is 11.9 Å². The molecular weight excluding hydrogens is 444 g/mol. The lowest BCUT2D eigenvalue weighted by Crippen LogP contribution is -2.44. The number of amides is 2. The summed E-state index contributed by atoms with van der Waals surface area (Å²) in [6, 6.07) is 2.40. The number of carbonyl (C=O) groups is 2. The molecule has 0 bridgehead atoms. The van der Waals surface area contributed by atoms with Gasteiger partial charge in [-0.2, -0.15) is 9.61 Å². The predicted molar refractivity (Wildman–Crippen MR) is 132 cm³/mol. The zero-order chi connectivity index (χ0) is 24.5. The first-order valence-corrected chi connectivity index (χ1v) is 12.7. The van der Waals surface area contributed by atoms with E-state index in [0.717, 1.165) is 30.0 Å². The molecule has 0 spiro atoms. The molecule has 2 aliphatic heterocycles. The van der Waals surface area contributed by atoms with Gasteiger partial charge in [-0.25, -0.2) is 9.78 Å². The largest absolute Gasteiger partial charge is 0.444 e. The van der Waals surface area contributed by atoms with Crippen molar-refractivity contribution in [3.63, 3.8) is 0 Å². The summed E-state index contributed by atoms with van der Waals surface area (Å²) >= 11 is 0. The second-order valence-electron chi connectivity index (χ2n) is 10.2. The molecule has 3 fully saturated rings. The Labute approximate surface area is 206 Å². The van der Waals surface area contributed by atoms with Crippen molar-refractivity contribution in [2.24, 2.45) is 0 Å². The van der Waals surface area contributed by atoms with E-state index >= 15 is 0 Å². The Balaban J connectivity index is 1.18. The van der Waals surface area contributed by atoms with E-state index in [1.54, 1.807) is 16.7 Å². The third-order valence-electron chi connectivity index (χ3n) is 7.17. The zero-order valence-electron chi connectivity index (χ0n) is 20.8. The van der Waals surface area contributed by atoms with Crippen LogP contribution in [0.5, 0.6) is 0 Å². The number of hydrogen-bond donors (Lipinski definition) is 1. The minimum absolute atomic E-state index is 0.203. The summed E-state index contributed by atoms with van der Waals surface area (Å²) in [6.45, 7) is 8.24. The van der Waals surface area contributed by atoms with Gasteiger partial charge in [-0.05, 0) is 44.4 Å². The molecule has 35 heavy (non-hydrogen) atoms. The summed E-state index contributed by atoms with van der Waals surface area (Å²) < 4.78 is 7.63. The Morgan fingerprint density at radius 1 is 1.11 bits per heavy atom. The van der Waals surface area contributed by atoms with Crippen LogP contribution in [0.2, 0.25) is 0 Å². The van der Waals surface area contributed by atoms with Crippen LogP contribution in [0.1, 0.15) is 76.0 Å². The fourth-order valence-corrected chi connectivity index (χ4v) is 4.92. The standard InChI is InChI=1S/C26H34N6O3/c1-4-5-24(33)31-13-10-20(16-31)35-26(34)30-11-8-19(9-12-30)28-23-14-22(18-6-7-18)29-25-21(17(2)3)15-27-32(23)25/h14-15,17-20,28H,6-13,16H2,1-3H3/t20-/m0/s1. The van der Waals surface area contributed by atoms with Crippen molar-refractivity contribution in [2.75, 3.05) is 31.5 Å². The molecule has 9 heteroatoms. The van der Waals surface area contributed by atoms with Gasteiger partial charge in [0.2, 0.25) is 0 Å². The first-order chi connectivity index (χ1) is 16.9. The summed E-state index contributed by atoms with van der Waals surface area (Å²) in [4.78, 5) is 33.0. The molecule has 2 aromatic heterocycles. The molecule has 0 unspecified atom stereocenters. The van der Waals surface area contributed by atoms with E-state index in [1.807, 2.05) is 10.7 Å². The topological polar surface area (TPSA) is 92.1 Å². The van der Waals surface area contributed by atoms with Crippen molar-refractivity contribution in [1.82, 2.24) is 24.4 Å². The third kappa shape index (κ3) is 5.07. The molecule has 3 aliphatic rings. The molecule has 4 heterocycles. The average Bonchev–Trinajstić information content (AvgIpc) is 3.43. The van der Waals surface area contributed by atoms with Crippen LogP contribution < -0.4 is 5.32 Å². The second kappa shape index (κ2) is 9.76. The fourth-order valence-electron chi connectivity index (χ4n) is 4.92. The van der Waals surface area contributed by atoms with Gasteiger partial charge in [0.05, 0.1) is 12.7 Å². The first kappa shape index (κ1) is 23.5. The van der Waals surface area contributed by atoms with E-state index in [2.05, 4.69) is 42.2 Å². The summed E-state index contributed by atoms with van der Waals surface area (Å²) in [5, 5.41) is 8.31. The summed E-state index contributed by atoms with van der Waals surface area (Å²) in [5.74, 6) is 6.88. The number of anilines is 1. The highest BCUT2D eigenvalue weighted by atomic mass is 16.6. The van der Waals surface area contributed by atoms with Crippen molar-refractivity contribution < 1.29 is 14.3 Å². The number of nitrogens with zero attached hydrogens (tertiary/aromatic N) is 5. The summed E-state index contributed by atoms with van der Waals surface area (Å²) in [5.41, 5.74) is 3.27. The van der Waals surface area contributed by atoms with Gasteiger partial charge in [0, 0.05) is 55.3 Å². The van der Waals surface area contributed by atoms with Gasteiger partial charge in [-0.3, -0.25) is 4.79 Å². The average molecular weight is 479 g/mol. The highest BCUT2D eigenvalue weighted by molar-refractivity contribution is 5.93. The van der Waals surface area contributed by atoms with E-state index in [-0.39, 0.29) is 24.1 Å². The Morgan fingerprint density at radius 2 is 1.86 bits per heavy atom. The van der Waals surface area contributed by atoms with Crippen LogP contribution in [-0.4, -0.2) is 74.7 Å². The number of ether oxygens (including phenoxy) is 1. The minimum atomic E-state index is -0.291. The van der Waals surface area contributed by atoms with Crippen LogP contribution >= 0.6 is 0 Å². The van der Waals surface area contributed by atoms with Gasteiger partial charge >= 0.3 is 6.09 Å². The normalized spacial score (nSPS) is 20.7. The summed E-state index contributed by atoms with van der Waals surface area (Å²) in [6.07, 6.45) is 6.10. The van der Waals surface area contributed by atoms with Crippen LogP contribution in [0.3, 0.4) is 0 Å². The van der Waals surface area contributed by atoms with E-state index in [4.69, 9.17) is 9.72 Å². The monoisotopic (exact) mass is 478 g/mol. The Bertz CT molecular complexity index is 1170.